The highest BCUT2D eigenvalue weighted by Crippen LogP contribution is 2.37. The summed E-state index contributed by atoms with van der Waals surface area (Å²) >= 11 is 13.4. The van der Waals surface area contributed by atoms with E-state index in [-0.39, 0.29) is 16.3 Å². The van der Waals surface area contributed by atoms with Crippen molar-refractivity contribution >= 4 is 61.9 Å². The second-order valence-corrected chi connectivity index (χ2v) is 6.48. The second kappa shape index (κ2) is 6.16. The van der Waals surface area contributed by atoms with E-state index in [0.717, 1.165) is 4.70 Å². The Morgan fingerprint density at radius 1 is 1.17 bits per heavy atom. The number of carbonyl (C=O) groups excluding carboxylic acids is 1. The number of rotatable bonds is 3. The molecular weight excluding hydrogens is 359 g/mol. The summed E-state index contributed by atoms with van der Waals surface area (Å²) in [5.74, 6) is -0.498. The Morgan fingerprint density at radius 3 is 2.65 bits per heavy atom. The van der Waals surface area contributed by atoms with Gasteiger partial charge in [-0.05, 0) is 18.2 Å². The molecule has 5 nitrogen and oxygen atoms in total. The number of nitro groups is 1. The first-order valence-corrected chi connectivity index (χ1v) is 7.97. The van der Waals surface area contributed by atoms with Crippen LogP contribution < -0.4 is 5.32 Å². The summed E-state index contributed by atoms with van der Waals surface area (Å²) in [5.41, 5.74) is -0.0600. The van der Waals surface area contributed by atoms with Gasteiger partial charge in [-0.15, -0.1) is 11.3 Å². The first-order chi connectivity index (χ1) is 11.0. The third kappa shape index (κ3) is 3.01. The van der Waals surface area contributed by atoms with Crippen LogP contribution in [-0.2, 0) is 0 Å². The molecule has 3 rings (SSSR count). The zero-order valence-electron chi connectivity index (χ0n) is 11.4. The fourth-order valence-corrected chi connectivity index (χ4v) is 3.79. The van der Waals surface area contributed by atoms with Crippen LogP contribution in [0.1, 0.15) is 9.67 Å². The monoisotopic (exact) mass is 366 g/mol. The largest absolute Gasteiger partial charge is 0.315 e. The summed E-state index contributed by atoms with van der Waals surface area (Å²) < 4.78 is 0.773. The molecule has 3 aromatic rings. The molecule has 0 bridgehead atoms. The quantitative estimate of drug-likeness (QED) is 0.500. The van der Waals surface area contributed by atoms with Crippen molar-refractivity contribution in [2.24, 2.45) is 0 Å². The molecule has 0 saturated heterocycles. The Labute approximate surface area is 144 Å². The van der Waals surface area contributed by atoms with E-state index in [0.29, 0.717) is 15.4 Å². The molecule has 0 radical (unpaired) electrons. The number of carbonyl (C=O) groups is 1. The topological polar surface area (TPSA) is 72.2 Å². The highest BCUT2D eigenvalue weighted by molar-refractivity contribution is 7.21. The minimum absolute atomic E-state index is 0.119. The Hall–Kier alpha value is -2.15. The van der Waals surface area contributed by atoms with E-state index in [1.807, 2.05) is 0 Å². The summed E-state index contributed by atoms with van der Waals surface area (Å²) in [4.78, 5) is 23.2. The van der Waals surface area contributed by atoms with Crippen molar-refractivity contribution in [3.05, 3.63) is 67.5 Å². The molecule has 1 amide bonds. The van der Waals surface area contributed by atoms with Crippen LogP contribution in [0.4, 0.5) is 11.4 Å². The Bertz CT molecular complexity index is 940. The van der Waals surface area contributed by atoms with Gasteiger partial charge in [-0.25, -0.2) is 0 Å². The van der Waals surface area contributed by atoms with Gasteiger partial charge in [0.05, 0.1) is 9.95 Å². The molecule has 0 aliphatic heterocycles. The number of nitrogens with one attached hydrogen (secondary N) is 1. The molecule has 0 fully saturated rings. The van der Waals surface area contributed by atoms with Gasteiger partial charge in [0.25, 0.3) is 11.6 Å². The SMILES string of the molecule is O=C(Nc1ccccc1[N+](=O)[O-])c1sc2cc(Cl)ccc2c1Cl. The van der Waals surface area contributed by atoms with Gasteiger partial charge in [0, 0.05) is 21.2 Å². The lowest BCUT2D eigenvalue weighted by molar-refractivity contribution is -0.383. The van der Waals surface area contributed by atoms with Crippen molar-refractivity contribution in [3.63, 3.8) is 0 Å². The number of fused-ring (bicyclic) bond motifs is 1. The number of thiophene rings is 1. The molecule has 8 heteroatoms. The fourth-order valence-electron chi connectivity index (χ4n) is 2.10. The van der Waals surface area contributed by atoms with Crippen molar-refractivity contribution in [3.8, 4) is 0 Å². The highest BCUT2D eigenvalue weighted by Gasteiger charge is 2.20. The van der Waals surface area contributed by atoms with E-state index >= 15 is 0 Å². The predicted molar refractivity (Wildman–Crippen MR) is 92.9 cm³/mol. The number of nitrogens with zero attached hydrogens (tertiary/aromatic N) is 1. The maximum absolute atomic E-state index is 12.4. The Morgan fingerprint density at radius 2 is 1.91 bits per heavy atom. The van der Waals surface area contributed by atoms with Gasteiger partial charge < -0.3 is 5.32 Å². The van der Waals surface area contributed by atoms with Gasteiger partial charge in [0.15, 0.2) is 0 Å². The Balaban J connectivity index is 1.99. The number of anilines is 1. The Kier molecular flexibility index (Phi) is 4.21. The van der Waals surface area contributed by atoms with Gasteiger partial charge in [0.2, 0.25) is 0 Å². The van der Waals surface area contributed by atoms with E-state index < -0.39 is 10.8 Å². The zero-order chi connectivity index (χ0) is 16.6. The van der Waals surface area contributed by atoms with Crippen LogP contribution in [0.5, 0.6) is 0 Å². The van der Waals surface area contributed by atoms with Crippen molar-refractivity contribution in [1.29, 1.82) is 0 Å². The first kappa shape index (κ1) is 15.7. The lowest BCUT2D eigenvalue weighted by Gasteiger charge is -2.04. The minimum Gasteiger partial charge on any atom is -0.315 e. The van der Waals surface area contributed by atoms with Crippen LogP contribution in [-0.4, -0.2) is 10.8 Å². The van der Waals surface area contributed by atoms with E-state index in [1.54, 1.807) is 24.3 Å². The third-order valence-electron chi connectivity index (χ3n) is 3.15. The van der Waals surface area contributed by atoms with E-state index in [9.17, 15) is 14.9 Å². The molecule has 0 aliphatic carbocycles. The summed E-state index contributed by atoms with van der Waals surface area (Å²) in [5, 5.41) is 15.1. The van der Waals surface area contributed by atoms with Crippen molar-refractivity contribution < 1.29 is 9.72 Å². The van der Waals surface area contributed by atoms with Crippen LogP contribution in [0.25, 0.3) is 10.1 Å². The lowest BCUT2D eigenvalue weighted by Crippen LogP contribution is -2.12. The smallest absolute Gasteiger partial charge is 0.292 e. The average Bonchev–Trinajstić information content (AvgIpc) is 2.84. The van der Waals surface area contributed by atoms with Crippen molar-refractivity contribution in [1.82, 2.24) is 0 Å². The molecule has 0 unspecified atom stereocenters. The lowest BCUT2D eigenvalue weighted by atomic mass is 10.2. The summed E-state index contributed by atoms with van der Waals surface area (Å²) in [7, 11) is 0. The maximum atomic E-state index is 12.4. The fraction of sp³-hybridized carbons (Fsp3) is 0. The van der Waals surface area contributed by atoms with Crippen LogP contribution in [0.15, 0.2) is 42.5 Å². The number of hydrogen-bond acceptors (Lipinski definition) is 4. The molecule has 116 valence electrons. The van der Waals surface area contributed by atoms with Crippen LogP contribution in [0.3, 0.4) is 0 Å². The van der Waals surface area contributed by atoms with Gasteiger partial charge in [-0.3, -0.25) is 14.9 Å². The number of amides is 1. The molecule has 0 saturated carbocycles. The molecule has 1 heterocycles. The molecule has 0 spiro atoms. The molecule has 0 aliphatic rings. The normalized spacial score (nSPS) is 10.7. The van der Waals surface area contributed by atoms with Crippen LogP contribution in [0, 0.1) is 10.1 Å². The zero-order valence-corrected chi connectivity index (χ0v) is 13.7. The highest BCUT2D eigenvalue weighted by atomic mass is 35.5. The molecule has 1 N–H and O–H groups in total. The van der Waals surface area contributed by atoms with E-state index in [1.165, 1.54) is 29.5 Å². The van der Waals surface area contributed by atoms with Gasteiger partial charge in [-0.2, -0.15) is 0 Å². The van der Waals surface area contributed by atoms with Crippen molar-refractivity contribution in [2.45, 2.75) is 0 Å². The van der Waals surface area contributed by atoms with E-state index in [4.69, 9.17) is 23.2 Å². The number of halogens is 2. The standard InChI is InChI=1S/C15H8Cl2N2O3S/c16-8-5-6-9-12(7-8)23-14(13(9)17)15(20)18-10-3-1-2-4-11(10)19(21)22/h1-7H,(H,18,20). The molecule has 0 atom stereocenters. The second-order valence-electron chi connectivity index (χ2n) is 4.61. The summed E-state index contributed by atoms with van der Waals surface area (Å²) in [6, 6.07) is 11.1. The van der Waals surface area contributed by atoms with Gasteiger partial charge >= 0.3 is 0 Å². The molecule has 23 heavy (non-hydrogen) atoms. The van der Waals surface area contributed by atoms with Gasteiger partial charge in [-0.1, -0.05) is 41.4 Å². The van der Waals surface area contributed by atoms with Crippen LogP contribution in [0.2, 0.25) is 10.0 Å². The average molecular weight is 367 g/mol. The molecular formula is C15H8Cl2N2O3S. The minimum atomic E-state index is -0.554. The van der Waals surface area contributed by atoms with E-state index in [2.05, 4.69) is 5.32 Å². The predicted octanol–water partition coefficient (Wildman–Crippen LogP) is 5.37. The molecule has 2 aromatic carbocycles. The maximum Gasteiger partial charge on any atom is 0.292 e. The third-order valence-corrected chi connectivity index (χ3v) is 5.04. The van der Waals surface area contributed by atoms with Crippen LogP contribution >= 0.6 is 34.5 Å². The van der Waals surface area contributed by atoms with Crippen molar-refractivity contribution in [2.75, 3.05) is 5.32 Å². The molecule has 1 aromatic heterocycles. The number of benzene rings is 2. The number of para-hydroxylation sites is 2. The summed E-state index contributed by atoms with van der Waals surface area (Å²) in [6.07, 6.45) is 0. The number of hydrogen-bond donors (Lipinski definition) is 1. The van der Waals surface area contributed by atoms with Gasteiger partial charge in [0.1, 0.15) is 10.6 Å². The number of nitro benzene ring substituents is 1. The summed E-state index contributed by atoms with van der Waals surface area (Å²) in [6.45, 7) is 0. The first-order valence-electron chi connectivity index (χ1n) is 6.39.